The van der Waals surface area contributed by atoms with Crippen molar-refractivity contribution in [3.8, 4) is 5.75 Å². The first-order valence-electron chi connectivity index (χ1n) is 7.96. The van der Waals surface area contributed by atoms with Crippen LogP contribution in [0.5, 0.6) is 5.75 Å². The van der Waals surface area contributed by atoms with Crippen molar-refractivity contribution in [3.05, 3.63) is 54.1 Å². The minimum absolute atomic E-state index is 0.175. The maximum absolute atomic E-state index is 12.2. The van der Waals surface area contributed by atoms with E-state index >= 15 is 0 Å². The molecule has 0 saturated carbocycles. The molecule has 0 aromatic heterocycles. The fourth-order valence-electron chi connectivity index (χ4n) is 2.76. The van der Waals surface area contributed by atoms with Crippen molar-refractivity contribution in [3.63, 3.8) is 0 Å². The minimum atomic E-state index is -0.229. The van der Waals surface area contributed by atoms with Crippen LogP contribution in [0.4, 0.5) is 11.4 Å². The quantitative estimate of drug-likeness (QED) is 0.850. The lowest BCUT2D eigenvalue weighted by Crippen LogP contribution is -2.28. The second-order valence-electron chi connectivity index (χ2n) is 5.72. The standard InChI is InChI=1S/C19H18N2O4/c1-25-16-12-14(21-18(23)9-10-19(21)24)7-8-15(16)20-17(22)11-13-5-3-2-4-6-13/h2-8,12H,9-11H2,1H3,(H,20,22). The monoisotopic (exact) mass is 338 g/mol. The van der Waals surface area contributed by atoms with Gasteiger partial charge in [-0.1, -0.05) is 30.3 Å². The lowest BCUT2D eigenvalue weighted by Gasteiger charge is -2.17. The van der Waals surface area contributed by atoms with Crippen LogP contribution in [0.1, 0.15) is 18.4 Å². The molecule has 3 rings (SSSR count). The van der Waals surface area contributed by atoms with Crippen LogP contribution in [0.3, 0.4) is 0 Å². The fourth-order valence-corrected chi connectivity index (χ4v) is 2.76. The van der Waals surface area contributed by atoms with E-state index in [1.54, 1.807) is 18.2 Å². The number of methoxy groups -OCH3 is 1. The fraction of sp³-hybridized carbons (Fsp3) is 0.211. The van der Waals surface area contributed by atoms with Crippen molar-refractivity contribution in [2.45, 2.75) is 19.3 Å². The van der Waals surface area contributed by atoms with Crippen LogP contribution in [-0.2, 0) is 20.8 Å². The maximum Gasteiger partial charge on any atom is 0.234 e. The van der Waals surface area contributed by atoms with Crippen molar-refractivity contribution in [1.82, 2.24) is 0 Å². The van der Waals surface area contributed by atoms with Crippen molar-refractivity contribution in [2.24, 2.45) is 0 Å². The van der Waals surface area contributed by atoms with Gasteiger partial charge in [-0.25, -0.2) is 0 Å². The van der Waals surface area contributed by atoms with Gasteiger partial charge in [-0.3, -0.25) is 19.3 Å². The Hall–Kier alpha value is -3.15. The van der Waals surface area contributed by atoms with Crippen molar-refractivity contribution >= 4 is 29.1 Å². The summed E-state index contributed by atoms with van der Waals surface area (Å²) >= 11 is 0. The average Bonchev–Trinajstić information content (AvgIpc) is 2.95. The number of ether oxygens (including phenoxy) is 1. The summed E-state index contributed by atoms with van der Waals surface area (Å²) in [6, 6.07) is 14.3. The van der Waals surface area contributed by atoms with E-state index in [9.17, 15) is 14.4 Å². The lowest BCUT2D eigenvalue weighted by molar-refractivity contribution is -0.121. The Kier molecular flexibility index (Phi) is 4.79. The molecule has 0 spiro atoms. The van der Waals surface area contributed by atoms with Crippen molar-refractivity contribution in [1.29, 1.82) is 0 Å². The van der Waals surface area contributed by atoms with E-state index in [1.807, 2.05) is 30.3 Å². The van der Waals surface area contributed by atoms with Crippen molar-refractivity contribution < 1.29 is 19.1 Å². The Labute approximate surface area is 145 Å². The zero-order valence-corrected chi connectivity index (χ0v) is 13.8. The van der Waals surface area contributed by atoms with E-state index in [0.29, 0.717) is 17.1 Å². The van der Waals surface area contributed by atoms with Gasteiger partial charge < -0.3 is 10.1 Å². The van der Waals surface area contributed by atoms with Gasteiger partial charge >= 0.3 is 0 Å². The Morgan fingerprint density at radius 1 is 1.08 bits per heavy atom. The second kappa shape index (κ2) is 7.17. The summed E-state index contributed by atoms with van der Waals surface area (Å²) in [5.74, 6) is -0.238. The van der Waals surface area contributed by atoms with Crippen LogP contribution >= 0.6 is 0 Å². The van der Waals surface area contributed by atoms with E-state index in [4.69, 9.17) is 4.74 Å². The topological polar surface area (TPSA) is 75.7 Å². The summed E-state index contributed by atoms with van der Waals surface area (Å²) in [4.78, 5) is 37.1. The molecule has 1 fully saturated rings. The van der Waals surface area contributed by atoms with E-state index in [-0.39, 0.29) is 37.0 Å². The molecule has 0 bridgehead atoms. The molecule has 2 aromatic rings. The van der Waals surface area contributed by atoms with E-state index in [0.717, 1.165) is 10.5 Å². The van der Waals surface area contributed by atoms with E-state index in [1.165, 1.54) is 7.11 Å². The van der Waals surface area contributed by atoms with Gasteiger partial charge in [-0.15, -0.1) is 0 Å². The molecule has 2 aromatic carbocycles. The zero-order valence-electron chi connectivity index (χ0n) is 13.8. The molecular formula is C19H18N2O4. The number of carbonyl (C=O) groups is 3. The van der Waals surface area contributed by atoms with Gasteiger partial charge in [0.2, 0.25) is 17.7 Å². The predicted octanol–water partition coefficient (Wildman–Crippen LogP) is 2.53. The van der Waals surface area contributed by atoms with Gasteiger partial charge in [0.25, 0.3) is 0 Å². The minimum Gasteiger partial charge on any atom is -0.494 e. The highest BCUT2D eigenvalue weighted by Gasteiger charge is 2.30. The van der Waals surface area contributed by atoms with Crippen LogP contribution in [0.15, 0.2) is 48.5 Å². The number of nitrogens with zero attached hydrogens (tertiary/aromatic N) is 1. The first-order valence-corrected chi connectivity index (χ1v) is 7.96. The molecule has 0 aliphatic carbocycles. The van der Waals surface area contributed by atoms with Crippen molar-refractivity contribution in [2.75, 3.05) is 17.3 Å². The smallest absolute Gasteiger partial charge is 0.234 e. The van der Waals surface area contributed by atoms with Gasteiger partial charge in [0, 0.05) is 18.9 Å². The molecule has 25 heavy (non-hydrogen) atoms. The summed E-state index contributed by atoms with van der Waals surface area (Å²) in [7, 11) is 1.47. The Morgan fingerprint density at radius 3 is 2.40 bits per heavy atom. The molecule has 1 N–H and O–H groups in total. The lowest BCUT2D eigenvalue weighted by atomic mass is 10.1. The average molecular weight is 338 g/mol. The third-order valence-electron chi connectivity index (χ3n) is 3.98. The largest absolute Gasteiger partial charge is 0.494 e. The Balaban J connectivity index is 1.77. The number of hydrogen-bond acceptors (Lipinski definition) is 4. The molecule has 1 heterocycles. The number of rotatable bonds is 5. The number of amides is 3. The molecule has 0 unspecified atom stereocenters. The van der Waals surface area contributed by atoms with Crippen LogP contribution in [0, 0.1) is 0 Å². The Bertz CT molecular complexity index is 801. The number of nitrogens with one attached hydrogen (secondary N) is 1. The first kappa shape index (κ1) is 16.7. The van der Waals surface area contributed by atoms with E-state index < -0.39 is 0 Å². The number of benzene rings is 2. The number of anilines is 2. The third-order valence-corrected chi connectivity index (χ3v) is 3.98. The van der Waals surface area contributed by atoms with Gasteiger partial charge in [0.05, 0.1) is 24.9 Å². The molecule has 1 aliphatic heterocycles. The maximum atomic E-state index is 12.2. The number of imide groups is 1. The number of hydrogen-bond donors (Lipinski definition) is 1. The second-order valence-corrected chi connectivity index (χ2v) is 5.72. The zero-order chi connectivity index (χ0) is 17.8. The molecule has 1 aliphatic rings. The van der Waals surface area contributed by atoms with E-state index in [2.05, 4.69) is 5.32 Å². The number of carbonyl (C=O) groups excluding carboxylic acids is 3. The Morgan fingerprint density at radius 2 is 1.76 bits per heavy atom. The SMILES string of the molecule is COc1cc(N2C(=O)CCC2=O)ccc1NC(=O)Cc1ccccc1. The third kappa shape index (κ3) is 3.68. The van der Waals surface area contributed by atoms with Crippen LogP contribution in [-0.4, -0.2) is 24.8 Å². The summed E-state index contributed by atoms with van der Waals surface area (Å²) in [6.45, 7) is 0. The van der Waals surface area contributed by atoms with Gasteiger partial charge in [0.1, 0.15) is 5.75 Å². The molecule has 6 nitrogen and oxygen atoms in total. The summed E-state index contributed by atoms with van der Waals surface area (Å²) in [6.07, 6.45) is 0.683. The first-order chi connectivity index (χ1) is 12.1. The van der Waals surface area contributed by atoms with Gasteiger partial charge in [-0.2, -0.15) is 0 Å². The predicted molar refractivity (Wildman–Crippen MR) is 93.5 cm³/mol. The summed E-state index contributed by atoms with van der Waals surface area (Å²) in [5.41, 5.74) is 1.85. The molecule has 3 amide bonds. The van der Waals surface area contributed by atoms with Gasteiger partial charge in [0.15, 0.2) is 0 Å². The molecule has 0 radical (unpaired) electrons. The molecule has 6 heteroatoms. The van der Waals surface area contributed by atoms with Crippen LogP contribution in [0.2, 0.25) is 0 Å². The van der Waals surface area contributed by atoms with Crippen LogP contribution < -0.4 is 15.0 Å². The van der Waals surface area contributed by atoms with Crippen LogP contribution in [0.25, 0.3) is 0 Å². The molecule has 1 saturated heterocycles. The normalized spacial score (nSPS) is 13.9. The highest BCUT2D eigenvalue weighted by atomic mass is 16.5. The van der Waals surface area contributed by atoms with Gasteiger partial charge in [-0.05, 0) is 17.7 Å². The molecule has 0 atom stereocenters. The summed E-state index contributed by atoms with van der Waals surface area (Å²) in [5, 5.41) is 2.80. The summed E-state index contributed by atoms with van der Waals surface area (Å²) < 4.78 is 5.30. The highest BCUT2D eigenvalue weighted by Crippen LogP contribution is 2.32. The molecular weight excluding hydrogens is 320 g/mol. The highest BCUT2D eigenvalue weighted by molar-refractivity contribution is 6.20. The molecule has 128 valence electrons.